The molecule has 0 radical (unpaired) electrons. The molecule has 0 aromatic heterocycles. The summed E-state index contributed by atoms with van der Waals surface area (Å²) in [5, 5.41) is 9.28. The van der Waals surface area contributed by atoms with Gasteiger partial charge < -0.3 is 0 Å². The van der Waals surface area contributed by atoms with Gasteiger partial charge in [-0.05, 0) is 217 Å². The zero-order valence-electron chi connectivity index (χ0n) is 40.2. The van der Waals surface area contributed by atoms with Crippen LogP contribution in [0.5, 0.6) is 0 Å². The SMILES string of the molecule is C=C(/C=C\C1=C2CC=C=CC=C2C2=CC=C/C3=C\C/C=C\C1=CC23)c1cc(-c2ccc3c4c(cccc24)[C@@H]2CC=Cc4cccc-3c42)cc(-c2ccc3c4c5c(c6cccc2c36)=CCC=CC5=CCC=C4)c1. The minimum atomic E-state index is 0.209. The first-order valence-electron chi connectivity index (χ1n) is 25.9. The van der Waals surface area contributed by atoms with E-state index in [1.807, 2.05) is 0 Å². The van der Waals surface area contributed by atoms with Crippen molar-refractivity contribution in [3.8, 4) is 33.4 Å². The lowest BCUT2D eigenvalue weighted by molar-refractivity contribution is 0.824. The van der Waals surface area contributed by atoms with Crippen LogP contribution in [0.15, 0.2) is 246 Å². The van der Waals surface area contributed by atoms with Gasteiger partial charge in [0.2, 0.25) is 0 Å². The van der Waals surface area contributed by atoms with Crippen LogP contribution in [-0.4, -0.2) is 0 Å². The van der Waals surface area contributed by atoms with Gasteiger partial charge in [-0.1, -0.05) is 189 Å². The molecule has 72 heavy (non-hydrogen) atoms. The first kappa shape index (κ1) is 41.3. The van der Waals surface area contributed by atoms with Crippen molar-refractivity contribution in [3.63, 3.8) is 0 Å². The summed E-state index contributed by atoms with van der Waals surface area (Å²) in [6.07, 6.45) is 51.0. The third-order valence-electron chi connectivity index (χ3n) is 16.7. The number of allylic oxidation sites excluding steroid dienone is 24. The molecule has 0 aliphatic heterocycles. The van der Waals surface area contributed by atoms with E-state index in [9.17, 15) is 0 Å². The lowest BCUT2D eigenvalue weighted by atomic mass is 9.71. The summed E-state index contributed by atoms with van der Waals surface area (Å²) in [5.74, 6) is 0.555. The van der Waals surface area contributed by atoms with E-state index in [2.05, 4.69) is 224 Å². The summed E-state index contributed by atoms with van der Waals surface area (Å²) >= 11 is 0. The topological polar surface area (TPSA) is 0 Å². The van der Waals surface area contributed by atoms with Gasteiger partial charge in [0.1, 0.15) is 0 Å². The Hall–Kier alpha value is -8.54. The Morgan fingerprint density at radius 2 is 1.42 bits per heavy atom. The van der Waals surface area contributed by atoms with Gasteiger partial charge in [-0.3, -0.25) is 0 Å². The molecule has 0 heterocycles. The average Bonchev–Trinajstić information content (AvgIpc) is 3.93. The number of fused-ring (bicyclic) bond motifs is 6. The molecule has 0 N–H and O–H groups in total. The summed E-state index contributed by atoms with van der Waals surface area (Å²) in [4.78, 5) is 0. The number of hydrogen-bond donors (Lipinski definition) is 0. The number of rotatable bonds is 5. The Kier molecular flexibility index (Phi) is 9.32. The van der Waals surface area contributed by atoms with Crippen molar-refractivity contribution < 1.29 is 0 Å². The maximum atomic E-state index is 4.92. The van der Waals surface area contributed by atoms with Gasteiger partial charge in [-0.15, -0.1) is 5.73 Å². The zero-order valence-corrected chi connectivity index (χ0v) is 40.2. The van der Waals surface area contributed by atoms with Crippen LogP contribution in [0, 0.1) is 5.92 Å². The largest absolute Gasteiger partial charge is 0.125 e. The van der Waals surface area contributed by atoms with Gasteiger partial charge in [0.15, 0.2) is 0 Å². The van der Waals surface area contributed by atoms with Crippen molar-refractivity contribution in [1.29, 1.82) is 0 Å². The molecular formula is C72H50. The van der Waals surface area contributed by atoms with Crippen LogP contribution in [0.3, 0.4) is 0 Å². The van der Waals surface area contributed by atoms with Gasteiger partial charge in [-0.25, -0.2) is 0 Å². The third-order valence-corrected chi connectivity index (χ3v) is 16.7. The van der Waals surface area contributed by atoms with E-state index >= 15 is 0 Å². The monoisotopic (exact) mass is 914 g/mol. The molecule has 0 amide bonds. The van der Waals surface area contributed by atoms with Crippen molar-refractivity contribution in [2.45, 2.75) is 38.0 Å². The first-order chi connectivity index (χ1) is 35.6. The van der Waals surface area contributed by atoms with Crippen molar-refractivity contribution in [2.24, 2.45) is 5.92 Å². The van der Waals surface area contributed by atoms with Gasteiger partial charge in [0.05, 0.1) is 0 Å². The lowest BCUT2D eigenvalue weighted by Gasteiger charge is -2.32. The second-order valence-corrected chi connectivity index (χ2v) is 20.5. The van der Waals surface area contributed by atoms with Crippen LogP contribution in [0.2, 0.25) is 0 Å². The molecule has 0 saturated carbocycles. The van der Waals surface area contributed by atoms with E-state index in [0.29, 0.717) is 5.92 Å². The summed E-state index contributed by atoms with van der Waals surface area (Å²) in [7, 11) is 0. The molecule has 0 heteroatoms. The maximum absolute atomic E-state index is 4.92. The fourth-order valence-corrected chi connectivity index (χ4v) is 13.5. The Morgan fingerprint density at radius 1 is 0.639 bits per heavy atom. The molecule has 15 rings (SSSR count). The molecule has 2 atom stereocenters. The molecule has 0 fully saturated rings. The third kappa shape index (κ3) is 6.26. The van der Waals surface area contributed by atoms with E-state index in [0.717, 1.165) is 43.2 Å². The quantitative estimate of drug-likeness (QED) is 0.119. The van der Waals surface area contributed by atoms with Crippen molar-refractivity contribution in [2.75, 3.05) is 0 Å². The minimum Gasteiger partial charge on any atom is -0.125 e. The highest BCUT2D eigenvalue weighted by atomic mass is 14.3. The van der Waals surface area contributed by atoms with Gasteiger partial charge >= 0.3 is 0 Å². The Balaban J connectivity index is 0.942. The molecule has 8 aliphatic rings. The Bertz CT molecular complexity index is 4200. The van der Waals surface area contributed by atoms with Crippen LogP contribution in [0.1, 0.15) is 71.4 Å². The van der Waals surface area contributed by atoms with Crippen LogP contribution < -0.4 is 5.22 Å². The fourth-order valence-electron chi connectivity index (χ4n) is 13.5. The maximum Gasteiger partial charge on any atom is 0.0281 e. The minimum absolute atomic E-state index is 0.209. The molecule has 8 aliphatic carbocycles. The predicted octanol–water partition coefficient (Wildman–Crippen LogP) is 18.1. The fraction of sp³-hybridized carbons (Fsp3) is 0.0972. The summed E-state index contributed by atoms with van der Waals surface area (Å²) in [6.45, 7) is 4.92. The second-order valence-electron chi connectivity index (χ2n) is 20.5. The number of benzene rings is 7. The first-order valence-corrected chi connectivity index (χ1v) is 25.9. The molecule has 2 bridgehead atoms. The van der Waals surface area contributed by atoms with E-state index < -0.39 is 0 Å². The summed E-state index contributed by atoms with van der Waals surface area (Å²) in [5.41, 5.74) is 29.2. The van der Waals surface area contributed by atoms with Crippen LogP contribution in [-0.2, 0) is 0 Å². The molecular weight excluding hydrogens is 865 g/mol. The van der Waals surface area contributed by atoms with Crippen LogP contribution in [0.4, 0.5) is 0 Å². The molecule has 338 valence electrons. The molecule has 7 aromatic carbocycles. The zero-order chi connectivity index (χ0) is 47.4. The number of hydrogen-bond acceptors (Lipinski definition) is 0. The smallest absolute Gasteiger partial charge is 0.0281 e. The van der Waals surface area contributed by atoms with Gasteiger partial charge in [0, 0.05) is 11.8 Å². The highest BCUT2D eigenvalue weighted by Gasteiger charge is 2.32. The highest BCUT2D eigenvalue weighted by Crippen LogP contribution is 2.52. The van der Waals surface area contributed by atoms with Crippen molar-refractivity contribution in [1.82, 2.24) is 0 Å². The molecule has 0 spiro atoms. The molecule has 0 saturated heterocycles. The van der Waals surface area contributed by atoms with E-state index in [1.54, 1.807) is 0 Å². The molecule has 1 unspecified atom stereocenters. The summed E-state index contributed by atoms with van der Waals surface area (Å²) < 4.78 is 0. The Morgan fingerprint density at radius 3 is 2.33 bits per heavy atom. The van der Waals surface area contributed by atoms with E-state index in [1.165, 1.54) is 138 Å². The van der Waals surface area contributed by atoms with Gasteiger partial charge in [-0.2, -0.15) is 0 Å². The van der Waals surface area contributed by atoms with E-state index in [-0.39, 0.29) is 5.92 Å². The Labute approximate surface area is 421 Å². The summed E-state index contributed by atoms with van der Waals surface area (Å²) in [6, 6.07) is 37.7. The van der Waals surface area contributed by atoms with Crippen LogP contribution in [0.25, 0.3) is 95.1 Å². The highest BCUT2D eigenvalue weighted by molar-refractivity contribution is 6.20. The normalized spacial score (nSPS) is 20.7. The average molecular weight is 915 g/mol. The predicted molar refractivity (Wildman–Crippen MR) is 307 cm³/mol. The standard InChI is InChI=1S/C72H50/c1-44(34-35-52-48-19-6-5-16-45-20-11-27-57(68(45)43-48)56-24-4-2-3-23-55(52)56)49-40-50(53-36-38-66-61-26-10-8-18-46-17-7-9-25-60(69(46)61)64-32-14-30-58(53)71(64)66)42-51(41-49)54-37-39-67-63-29-13-22-47-21-12-28-62(70(47)63)65-33-15-31-59(54)72(65)67/h3-4,6-7,10-22,24-27,29-43,62,68H,1,5,8-9,23,28H2/b19-6-,35-34-,45-16+/t62-,68?/m0/s1. The van der Waals surface area contributed by atoms with E-state index in [4.69, 9.17) is 6.58 Å². The van der Waals surface area contributed by atoms with Crippen LogP contribution >= 0.6 is 0 Å². The van der Waals surface area contributed by atoms with Crippen molar-refractivity contribution in [3.05, 3.63) is 285 Å². The molecule has 7 aromatic rings. The lowest BCUT2D eigenvalue weighted by Crippen LogP contribution is -2.12. The second kappa shape index (κ2) is 16.3. The molecule has 0 nitrogen and oxygen atoms in total. The van der Waals surface area contributed by atoms with Crippen molar-refractivity contribution >= 4 is 61.7 Å². The van der Waals surface area contributed by atoms with Gasteiger partial charge in [0.25, 0.3) is 0 Å².